The third-order valence-corrected chi connectivity index (χ3v) is 4.77. The lowest BCUT2D eigenvalue weighted by atomic mass is 10.1. The highest BCUT2D eigenvalue weighted by molar-refractivity contribution is 5.78. The molecule has 1 heterocycles. The highest BCUT2D eigenvalue weighted by Crippen LogP contribution is 2.10. The van der Waals surface area contributed by atoms with Gasteiger partial charge in [-0.05, 0) is 30.4 Å². The fraction of sp³-hybridized carbons (Fsp3) is 0.600. The molecule has 0 saturated carbocycles. The first-order valence-electron chi connectivity index (χ1n) is 9.44. The fourth-order valence-corrected chi connectivity index (χ4v) is 3.12. The van der Waals surface area contributed by atoms with Gasteiger partial charge in [-0.3, -0.25) is 4.79 Å². The van der Waals surface area contributed by atoms with E-state index in [9.17, 15) is 9.59 Å². The second kappa shape index (κ2) is 10.1. The maximum Gasteiger partial charge on any atom is 0.317 e. The van der Waals surface area contributed by atoms with Crippen molar-refractivity contribution in [3.63, 3.8) is 0 Å². The van der Waals surface area contributed by atoms with Crippen molar-refractivity contribution in [2.75, 3.05) is 26.7 Å². The molecule has 0 unspecified atom stereocenters. The van der Waals surface area contributed by atoms with Crippen LogP contribution < -0.4 is 5.32 Å². The number of hydrogen-bond acceptors (Lipinski definition) is 2. The first kappa shape index (κ1) is 19.3. The third kappa shape index (κ3) is 6.40. The second-order valence-corrected chi connectivity index (χ2v) is 6.80. The van der Waals surface area contributed by atoms with E-state index in [4.69, 9.17) is 0 Å². The van der Waals surface area contributed by atoms with Crippen LogP contribution in [0.15, 0.2) is 24.3 Å². The van der Waals surface area contributed by atoms with Crippen LogP contribution >= 0.6 is 0 Å². The summed E-state index contributed by atoms with van der Waals surface area (Å²) in [5, 5.41) is 2.85. The van der Waals surface area contributed by atoms with E-state index in [1.165, 1.54) is 18.4 Å². The van der Waals surface area contributed by atoms with Crippen LogP contribution in [0, 0.1) is 0 Å². The highest BCUT2D eigenvalue weighted by atomic mass is 16.2. The molecule has 1 N–H and O–H groups in total. The summed E-state index contributed by atoms with van der Waals surface area (Å²) < 4.78 is 0. The zero-order valence-corrected chi connectivity index (χ0v) is 15.6. The minimum Gasteiger partial charge on any atom is -0.343 e. The molecule has 5 heteroatoms. The molecule has 0 bridgehead atoms. The number of aryl methyl sites for hydroxylation is 1. The van der Waals surface area contributed by atoms with Crippen molar-refractivity contribution in [3.8, 4) is 0 Å². The second-order valence-electron chi connectivity index (χ2n) is 6.80. The number of amides is 3. The summed E-state index contributed by atoms with van der Waals surface area (Å²) in [4.78, 5) is 28.0. The Labute approximate surface area is 151 Å². The summed E-state index contributed by atoms with van der Waals surface area (Å²) in [5.41, 5.74) is 2.40. The van der Waals surface area contributed by atoms with E-state index in [0.717, 1.165) is 37.9 Å². The SMILES string of the molecule is CCc1ccc(CN(C)C(=O)NCCC(=O)N2CCCCCC2)cc1. The average molecular weight is 345 g/mol. The van der Waals surface area contributed by atoms with Gasteiger partial charge in [0, 0.05) is 39.6 Å². The van der Waals surface area contributed by atoms with Crippen LogP contribution in [0.5, 0.6) is 0 Å². The molecule has 0 radical (unpaired) electrons. The Balaban J connectivity index is 1.70. The molecule has 3 amide bonds. The summed E-state index contributed by atoms with van der Waals surface area (Å²) in [6, 6.07) is 8.18. The van der Waals surface area contributed by atoms with E-state index in [2.05, 4.69) is 36.5 Å². The Kier molecular flexibility index (Phi) is 7.76. The lowest BCUT2D eigenvalue weighted by Gasteiger charge is -2.21. The maximum atomic E-state index is 12.2. The smallest absolute Gasteiger partial charge is 0.317 e. The molecule has 0 spiro atoms. The van der Waals surface area contributed by atoms with E-state index < -0.39 is 0 Å². The van der Waals surface area contributed by atoms with Crippen LogP contribution in [0.4, 0.5) is 4.79 Å². The molecule has 1 aliphatic rings. The van der Waals surface area contributed by atoms with Crippen LogP contribution in [-0.2, 0) is 17.8 Å². The minimum atomic E-state index is -0.136. The molecule has 138 valence electrons. The monoisotopic (exact) mass is 345 g/mol. The van der Waals surface area contributed by atoms with Crippen molar-refractivity contribution in [1.82, 2.24) is 15.1 Å². The molecule has 2 rings (SSSR count). The van der Waals surface area contributed by atoms with Gasteiger partial charge in [0.2, 0.25) is 5.91 Å². The van der Waals surface area contributed by atoms with Gasteiger partial charge >= 0.3 is 6.03 Å². The van der Waals surface area contributed by atoms with Gasteiger partial charge in [0.1, 0.15) is 0 Å². The zero-order chi connectivity index (χ0) is 18.1. The normalized spacial score (nSPS) is 14.7. The fourth-order valence-electron chi connectivity index (χ4n) is 3.12. The molecule has 0 aromatic heterocycles. The van der Waals surface area contributed by atoms with Gasteiger partial charge in [0.15, 0.2) is 0 Å². The molecule has 1 aromatic carbocycles. The van der Waals surface area contributed by atoms with Crippen LogP contribution in [-0.4, -0.2) is 48.4 Å². The van der Waals surface area contributed by atoms with Crippen LogP contribution in [0.1, 0.15) is 50.2 Å². The van der Waals surface area contributed by atoms with Crippen molar-refractivity contribution in [1.29, 1.82) is 0 Å². The molecule has 1 saturated heterocycles. The van der Waals surface area contributed by atoms with E-state index in [1.807, 2.05) is 4.90 Å². The predicted molar refractivity (Wildman–Crippen MR) is 100 cm³/mol. The molecule has 25 heavy (non-hydrogen) atoms. The van der Waals surface area contributed by atoms with Gasteiger partial charge in [-0.25, -0.2) is 4.79 Å². The molecule has 0 aliphatic carbocycles. The number of nitrogens with zero attached hydrogens (tertiary/aromatic N) is 2. The molecule has 1 aromatic rings. The van der Waals surface area contributed by atoms with Gasteiger partial charge in [0.05, 0.1) is 0 Å². The number of nitrogens with one attached hydrogen (secondary N) is 1. The molecule has 1 fully saturated rings. The van der Waals surface area contributed by atoms with Crippen molar-refractivity contribution in [2.24, 2.45) is 0 Å². The summed E-state index contributed by atoms with van der Waals surface area (Å²) in [6.07, 6.45) is 6.01. The largest absolute Gasteiger partial charge is 0.343 e. The highest BCUT2D eigenvalue weighted by Gasteiger charge is 2.16. The first-order chi connectivity index (χ1) is 12.1. The molecule has 1 aliphatic heterocycles. The van der Waals surface area contributed by atoms with Gasteiger partial charge in [-0.15, -0.1) is 0 Å². The predicted octanol–water partition coefficient (Wildman–Crippen LogP) is 3.18. The molecular formula is C20H31N3O2. The summed E-state index contributed by atoms with van der Waals surface area (Å²) >= 11 is 0. The van der Waals surface area contributed by atoms with E-state index >= 15 is 0 Å². The molecular weight excluding hydrogens is 314 g/mol. The quantitative estimate of drug-likeness (QED) is 0.861. The minimum absolute atomic E-state index is 0.136. The van der Waals surface area contributed by atoms with E-state index in [-0.39, 0.29) is 11.9 Å². The van der Waals surface area contributed by atoms with Gasteiger partial charge in [0.25, 0.3) is 0 Å². The number of hydrogen-bond donors (Lipinski definition) is 1. The Bertz CT molecular complexity index is 549. The number of rotatable bonds is 6. The van der Waals surface area contributed by atoms with Crippen LogP contribution in [0.2, 0.25) is 0 Å². The average Bonchev–Trinajstić information content (AvgIpc) is 2.91. The van der Waals surface area contributed by atoms with E-state index in [1.54, 1.807) is 11.9 Å². The number of carbonyl (C=O) groups excluding carboxylic acids is 2. The van der Waals surface area contributed by atoms with Crippen molar-refractivity contribution >= 4 is 11.9 Å². The number of likely N-dealkylation sites (tertiary alicyclic amines) is 1. The molecule has 0 atom stereocenters. The first-order valence-corrected chi connectivity index (χ1v) is 9.44. The number of carbonyl (C=O) groups is 2. The standard InChI is InChI=1S/C20H31N3O2/c1-3-17-8-10-18(11-9-17)16-22(2)20(25)21-13-12-19(24)23-14-6-4-5-7-15-23/h8-11H,3-7,12-16H2,1-2H3,(H,21,25). The summed E-state index contributed by atoms with van der Waals surface area (Å²) in [7, 11) is 1.78. The number of benzene rings is 1. The van der Waals surface area contributed by atoms with Crippen LogP contribution in [0.3, 0.4) is 0 Å². The summed E-state index contributed by atoms with van der Waals surface area (Å²) in [5.74, 6) is 0.153. The Morgan fingerprint density at radius 3 is 2.24 bits per heavy atom. The topological polar surface area (TPSA) is 52.7 Å². The van der Waals surface area contributed by atoms with Gasteiger partial charge < -0.3 is 15.1 Å². The van der Waals surface area contributed by atoms with Crippen molar-refractivity contribution in [3.05, 3.63) is 35.4 Å². The van der Waals surface area contributed by atoms with Gasteiger partial charge in [-0.1, -0.05) is 44.0 Å². The Morgan fingerprint density at radius 2 is 1.64 bits per heavy atom. The zero-order valence-electron chi connectivity index (χ0n) is 15.6. The number of urea groups is 1. The maximum absolute atomic E-state index is 12.2. The van der Waals surface area contributed by atoms with E-state index in [0.29, 0.717) is 19.5 Å². The lowest BCUT2D eigenvalue weighted by molar-refractivity contribution is -0.131. The van der Waals surface area contributed by atoms with Gasteiger partial charge in [-0.2, -0.15) is 0 Å². The Hall–Kier alpha value is -2.04. The van der Waals surface area contributed by atoms with Crippen molar-refractivity contribution in [2.45, 2.75) is 52.0 Å². The Morgan fingerprint density at radius 1 is 1.04 bits per heavy atom. The summed E-state index contributed by atoms with van der Waals surface area (Å²) in [6.45, 7) is 4.81. The van der Waals surface area contributed by atoms with Crippen molar-refractivity contribution < 1.29 is 9.59 Å². The van der Waals surface area contributed by atoms with Crippen LogP contribution in [0.25, 0.3) is 0 Å². The third-order valence-electron chi connectivity index (χ3n) is 4.77. The lowest BCUT2D eigenvalue weighted by Crippen LogP contribution is -2.39. The molecule has 5 nitrogen and oxygen atoms in total.